The van der Waals surface area contributed by atoms with Crippen molar-refractivity contribution in [1.82, 2.24) is 9.47 Å². The summed E-state index contributed by atoms with van der Waals surface area (Å²) in [5, 5.41) is 5.37. The third kappa shape index (κ3) is 4.94. The minimum Gasteiger partial charge on any atom is -0.342 e. The predicted octanol–water partition coefficient (Wildman–Crippen LogP) is 6.66. The first-order valence-corrected chi connectivity index (χ1v) is 13.1. The van der Waals surface area contributed by atoms with Gasteiger partial charge in [-0.05, 0) is 64.5 Å². The fourth-order valence-corrected chi connectivity index (χ4v) is 5.62. The molecule has 6 rings (SSSR count). The van der Waals surface area contributed by atoms with Crippen molar-refractivity contribution in [2.24, 2.45) is 0 Å². The van der Waals surface area contributed by atoms with Crippen LogP contribution in [0.4, 0.5) is 14.9 Å². The molecule has 39 heavy (non-hydrogen) atoms. The Kier molecular flexibility index (Phi) is 6.46. The molecule has 0 radical (unpaired) electrons. The van der Waals surface area contributed by atoms with Crippen LogP contribution in [-0.4, -0.2) is 33.1 Å². The quantitative estimate of drug-likeness (QED) is 0.247. The number of amides is 3. The number of fused-ring (bicyclic) bond motifs is 2. The molecule has 4 aromatic carbocycles. The highest BCUT2D eigenvalue weighted by molar-refractivity contribution is 8.18. The van der Waals surface area contributed by atoms with E-state index in [1.807, 2.05) is 48.7 Å². The monoisotopic (exact) mass is 535 g/mol. The van der Waals surface area contributed by atoms with Gasteiger partial charge in [0.1, 0.15) is 12.4 Å². The zero-order chi connectivity index (χ0) is 26.9. The number of anilines is 1. The van der Waals surface area contributed by atoms with Crippen LogP contribution in [0.25, 0.3) is 27.8 Å². The largest absolute Gasteiger partial charge is 0.342 e. The molecule has 5 aromatic rings. The number of hydrogen-bond acceptors (Lipinski definition) is 4. The Morgan fingerprint density at radius 1 is 0.872 bits per heavy atom. The van der Waals surface area contributed by atoms with Gasteiger partial charge in [0, 0.05) is 34.9 Å². The SMILES string of the molecule is O=C(CN1C(=O)S/C(=C\c2cn(Cc3cccc4ccccc34)c3ccccc23)C1=O)Nc1ccc(F)cc1. The van der Waals surface area contributed by atoms with Gasteiger partial charge in [-0.3, -0.25) is 19.3 Å². The molecule has 0 atom stereocenters. The first-order chi connectivity index (χ1) is 19.0. The summed E-state index contributed by atoms with van der Waals surface area (Å²) in [6.07, 6.45) is 3.70. The summed E-state index contributed by atoms with van der Waals surface area (Å²) >= 11 is 0.810. The molecule has 1 N–H and O–H groups in total. The number of imide groups is 1. The van der Waals surface area contributed by atoms with Gasteiger partial charge in [-0.2, -0.15) is 0 Å². The highest BCUT2D eigenvalue weighted by Gasteiger charge is 2.36. The van der Waals surface area contributed by atoms with Crippen molar-refractivity contribution in [2.45, 2.75) is 6.54 Å². The summed E-state index contributed by atoms with van der Waals surface area (Å²) < 4.78 is 15.3. The lowest BCUT2D eigenvalue weighted by atomic mass is 10.0. The van der Waals surface area contributed by atoms with E-state index in [0.29, 0.717) is 12.2 Å². The third-order valence-corrected chi connectivity index (χ3v) is 7.54. The summed E-state index contributed by atoms with van der Waals surface area (Å²) in [4.78, 5) is 39.4. The maximum atomic E-state index is 13.1. The molecule has 0 aliphatic carbocycles. The molecule has 1 saturated heterocycles. The molecule has 1 aliphatic heterocycles. The van der Waals surface area contributed by atoms with Crippen LogP contribution in [0.5, 0.6) is 0 Å². The zero-order valence-electron chi connectivity index (χ0n) is 20.6. The molecule has 0 bridgehead atoms. The van der Waals surface area contributed by atoms with Gasteiger partial charge in [0.15, 0.2) is 0 Å². The van der Waals surface area contributed by atoms with Crippen molar-refractivity contribution in [1.29, 1.82) is 0 Å². The van der Waals surface area contributed by atoms with E-state index in [-0.39, 0.29) is 4.91 Å². The first-order valence-electron chi connectivity index (χ1n) is 12.3. The molecule has 192 valence electrons. The second-order valence-electron chi connectivity index (χ2n) is 9.19. The highest BCUT2D eigenvalue weighted by Crippen LogP contribution is 2.34. The summed E-state index contributed by atoms with van der Waals surface area (Å²) in [5.74, 6) is -1.50. The number of para-hydroxylation sites is 1. The van der Waals surface area contributed by atoms with Gasteiger partial charge in [-0.1, -0.05) is 60.7 Å². The number of aromatic nitrogens is 1. The molecule has 1 fully saturated rings. The Bertz CT molecular complexity index is 1790. The van der Waals surface area contributed by atoms with E-state index in [2.05, 4.69) is 34.1 Å². The molecule has 2 heterocycles. The number of nitrogens with zero attached hydrogens (tertiary/aromatic N) is 2. The highest BCUT2D eigenvalue weighted by atomic mass is 32.2. The van der Waals surface area contributed by atoms with Crippen molar-refractivity contribution in [3.8, 4) is 0 Å². The van der Waals surface area contributed by atoms with Gasteiger partial charge in [0.05, 0.1) is 4.91 Å². The lowest BCUT2D eigenvalue weighted by Crippen LogP contribution is -2.36. The molecular formula is C31H22FN3O3S. The topological polar surface area (TPSA) is 71.4 Å². The van der Waals surface area contributed by atoms with Gasteiger partial charge < -0.3 is 9.88 Å². The molecule has 6 nitrogen and oxygen atoms in total. The lowest BCUT2D eigenvalue weighted by molar-refractivity contribution is -0.127. The zero-order valence-corrected chi connectivity index (χ0v) is 21.5. The van der Waals surface area contributed by atoms with E-state index < -0.39 is 29.4 Å². The maximum Gasteiger partial charge on any atom is 0.294 e. The average Bonchev–Trinajstić information content (AvgIpc) is 3.42. The second kappa shape index (κ2) is 10.2. The fourth-order valence-electron chi connectivity index (χ4n) is 4.79. The molecule has 0 unspecified atom stereocenters. The second-order valence-corrected chi connectivity index (χ2v) is 10.2. The number of carbonyl (C=O) groups is 3. The Balaban J connectivity index is 1.26. The smallest absolute Gasteiger partial charge is 0.294 e. The first kappa shape index (κ1) is 24.6. The number of thioether (sulfide) groups is 1. The Morgan fingerprint density at radius 3 is 2.41 bits per heavy atom. The van der Waals surface area contributed by atoms with Gasteiger partial charge in [0.25, 0.3) is 11.1 Å². The molecule has 0 spiro atoms. The van der Waals surface area contributed by atoms with Gasteiger partial charge in [-0.15, -0.1) is 0 Å². The van der Waals surface area contributed by atoms with Crippen LogP contribution in [0.1, 0.15) is 11.1 Å². The van der Waals surface area contributed by atoms with Crippen molar-refractivity contribution in [3.05, 3.63) is 119 Å². The third-order valence-electron chi connectivity index (χ3n) is 6.63. The Morgan fingerprint density at radius 2 is 1.59 bits per heavy atom. The standard InChI is InChI=1S/C31H22FN3O3S/c32-23-12-14-24(15-13-23)33-29(36)19-35-30(37)28(39-31(35)38)16-22-18-34(27-11-4-3-10-26(22)27)17-21-8-5-7-20-6-1-2-9-25(20)21/h1-16,18H,17,19H2,(H,33,36)/b28-16-. The van der Waals surface area contributed by atoms with Gasteiger partial charge in [-0.25, -0.2) is 4.39 Å². The van der Waals surface area contributed by atoms with Crippen LogP contribution >= 0.6 is 11.8 Å². The number of hydrogen-bond donors (Lipinski definition) is 1. The van der Waals surface area contributed by atoms with E-state index in [9.17, 15) is 18.8 Å². The van der Waals surface area contributed by atoms with Crippen molar-refractivity contribution < 1.29 is 18.8 Å². The van der Waals surface area contributed by atoms with Crippen LogP contribution < -0.4 is 5.32 Å². The molecule has 3 amide bonds. The molecule has 1 aliphatic rings. The van der Waals surface area contributed by atoms with Gasteiger partial charge in [0.2, 0.25) is 5.91 Å². The predicted molar refractivity (Wildman–Crippen MR) is 153 cm³/mol. The normalized spacial score (nSPS) is 14.6. The van der Waals surface area contributed by atoms with Crippen molar-refractivity contribution >= 4 is 62.3 Å². The fraction of sp³-hybridized carbons (Fsp3) is 0.0645. The van der Waals surface area contributed by atoms with Crippen LogP contribution in [0, 0.1) is 5.82 Å². The Labute approximate surface area is 227 Å². The van der Waals surface area contributed by atoms with E-state index in [1.165, 1.54) is 40.6 Å². The van der Waals surface area contributed by atoms with E-state index in [1.54, 1.807) is 6.08 Å². The number of halogens is 1. The lowest BCUT2D eigenvalue weighted by Gasteiger charge is -2.12. The summed E-state index contributed by atoms with van der Waals surface area (Å²) in [7, 11) is 0. The maximum absolute atomic E-state index is 13.1. The van der Waals surface area contributed by atoms with Crippen LogP contribution in [0.15, 0.2) is 102 Å². The minimum atomic E-state index is -0.545. The van der Waals surface area contributed by atoms with E-state index in [0.717, 1.165) is 33.1 Å². The Hall–Kier alpha value is -4.69. The minimum absolute atomic E-state index is 0.252. The molecule has 8 heteroatoms. The summed E-state index contributed by atoms with van der Waals surface area (Å²) in [5.41, 5.74) is 3.37. The average molecular weight is 536 g/mol. The van der Waals surface area contributed by atoms with Crippen LogP contribution in [0.2, 0.25) is 0 Å². The molecule has 0 saturated carbocycles. The summed E-state index contributed by atoms with van der Waals surface area (Å²) in [6.45, 7) is 0.211. The van der Waals surface area contributed by atoms with E-state index in [4.69, 9.17) is 0 Å². The summed E-state index contributed by atoms with van der Waals surface area (Å²) in [6, 6.07) is 27.7. The van der Waals surface area contributed by atoms with Gasteiger partial charge >= 0.3 is 0 Å². The number of benzene rings is 4. The molecule has 1 aromatic heterocycles. The van der Waals surface area contributed by atoms with Crippen molar-refractivity contribution in [3.63, 3.8) is 0 Å². The van der Waals surface area contributed by atoms with Crippen LogP contribution in [0.3, 0.4) is 0 Å². The number of rotatable bonds is 6. The number of nitrogens with one attached hydrogen (secondary N) is 1. The van der Waals surface area contributed by atoms with Crippen molar-refractivity contribution in [2.75, 3.05) is 11.9 Å². The van der Waals surface area contributed by atoms with Crippen LogP contribution in [-0.2, 0) is 16.1 Å². The molecular weight excluding hydrogens is 513 g/mol. The van der Waals surface area contributed by atoms with E-state index >= 15 is 0 Å². The number of carbonyl (C=O) groups excluding carboxylic acids is 3.